The van der Waals surface area contributed by atoms with Crippen LogP contribution in [-0.2, 0) is 0 Å². The Hall–Kier alpha value is -1.35. The van der Waals surface area contributed by atoms with Crippen LogP contribution < -0.4 is 10.5 Å². The number of hydrogen-bond acceptors (Lipinski definition) is 3. The van der Waals surface area contributed by atoms with E-state index in [0.29, 0.717) is 13.0 Å². The summed E-state index contributed by atoms with van der Waals surface area (Å²) in [5.74, 6) is 1.16. The van der Waals surface area contributed by atoms with Crippen molar-refractivity contribution in [1.82, 2.24) is 0 Å². The van der Waals surface area contributed by atoms with E-state index in [1.807, 2.05) is 45.0 Å². The summed E-state index contributed by atoms with van der Waals surface area (Å²) < 4.78 is 5.52. The van der Waals surface area contributed by atoms with Gasteiger partial charge in [-0.2, -0.15) is 0 Å². The molecule has 94 valence electrons. The molecule has 0 fully saturated rings. The number of ketones is 1. The summed E-state index contributed by atoms with van der Waals surface area (Å²) in [4.78, 5) is 11.9. The van der Waals surface area contributed by atoms with Crippen LogP contribution >= 0.6 is 0 Å². The van der Waals surface area contributed by atoms with Crippen molar-refractivity contribution in [2.45, 2.75) is 33.3 Å². The minimum atomic E-state index is 0.138. The Bertz CT molecular complexity index is 357. The molecule has 3 heteroatoms. The number of carbonyl (C=O) groups excluding carboxylic acids is 1. The summed E-state index contributed by atoms with van der Waals surface area (Å²) in [5.41, 5.74) is 6.23. The second kappa shape index (κ2) is 6.40. The molecule has 0 bridgehead atoms. The van der Waals surface area contributed by atoms with Gasteiger partial charge in [0.1, 0.15) is 5.75 Å². The number of carbonyl (C=O) groups is 1. The molecule has 0 heterocycles. The van der Waals surface area contributed by atoms with Crippen molar-refractivity contribution in [2.24, 2.45) is 11.7 Å². The number of rotatable bonds is 6. The highest BCUT2D eigenvalue weighted by Crippen LogP contribution is 2.16. The average Bonchev–Trinajstić information content (AvgIpc) is 2.28. The first-order valence-corrected chi connectivity index (χ1v) is 6.03. The maximum absolute atomic E-state index is 11.9. The van der Waals surface area contributed by atoms with Crippen molar-refractivity contribution in [3.63, 3.8) is 0 Å². The van der Waals surface area contributed by atoms with Crippen LogP contribution in [0.2, 0.25) is 0 Å². The molecule has 1 aromatic carbocycles. The number of ether oxygens (including phenoxy) is 1. The van der Waals surface area contributed by atoms with E-state index in [9.17, 15) is 4.79 Å². The van der Waals surface area contributed by atoms with Gasteiger partial charge in [-0.15, -0.1) is 0 Å². The van der Waals surface area contributed by atoms with Gasteiger partial charge in [-0.3, -0.25) is 4.79 Å². The molecule has 0 saturated heterocycles. The molecular formula is C14H21NO2. The fourth-order valence-electron chi connectivity index (χ4n) is 1.51. The molecule has 1 unspecified atom stereocenters. The van der Waals surface area contributed by atoms with Crippen molar-refractivity contribution in [2.75, 3.05) is 6.54 Å². The molecule has 1 rings (SSSR count). The van der Waals surface area contributed by atoms with Gasteiger partial charge in [0.25, 0.3) is 0 Å². The van der Waals surface area contributed by atoms with Gasteiger partial charge in [0, 0.05) is 12.0 Å². The molecule has 0 aromatic heterocycles. The Balaban J connectivity index is 2.64. The Morgan fingerprint density at radius 1 is 1.24 bits per heavy atom. The molecular weight excluding hydrogens is 214 g/mol. The number of hydrogen-bond donors (Lipinski definition) is 1. The van der Waals surface area contributed by atoms with Crippen LogP contribution in [0.15, 0.2) is 24.3 Å². The van der Waals surface area contributed by atoms with E-state index in [1.54, 1.807) is 0 Å². The van der Waals surface area contributed by atoms with Crippen LogP contribution in [0, 0.1) is 5.92 Å². The quantitative estimate of drug-likeness (QED) is 0.771. The fourth-order valence-corrected chi connectivity index (χ4v) is 1.51. The zero-order valence-electron chi connectivity index (χ0n) is 10.8. The van der Waals surface area contributed by atoms with E-state index < -0.39 is 0 Å². The molecule has 17 heavy (non-hydrogen) atoms. The van der Waals surface area contributed by atoms with Crippen molar-refractivity contribution in [3.8, 4) is 5.75 Å². The van der Waals surface area contributed by atoms with E-state index in [4.69, 9.17) is 10.5 Å². The highest BCUT2D eigenvalue weighted by atomic mass is 16.5. The van der Waals surface area contributed by atoms with Gasteiger partial charge < -0.3 is 10.5 Å². The topological polar surface area (TPSA) is 52.3 Å². The predicted molar refractivity (Wildman–Crippen MR) is 69.4 cm³/mol. The number of benzene rings is 1. The Morgan fingerprint density at radius 3 is 2.29 bits per heavy atom. The van der Waals surface area contributed by atoms with Crippen LogP contribution in [0.25, 0.3) is 0 Å². The molecule has 1 atom stereocenters. The first-order chi connectivity index (χ1) is 8.02. The summed E-state index contributed by atoms with van der Waals surface area (Å²) in [6.07, 6.45) is 0.648. The zero-order chi connectivity index (χ0) is 12.8. The lowest BCUT2D eigenvalue weighted by Crippen LogP contribution is -2.15. The van der Waals surface area contributed by atoms with Gasteiger partial charge in [0.05, 0.1) is 6.10 Å². The van der Waals surface area contributed by atoms with Gasteiger partial charge in [-0.05, 0) is 50.6 Å². The summed E-state index contributed by atoms with van der Waals surface area (Å²) in [6, 6.07) is 7.28. The van der Waals surface area contributed by atoms with Crippen LogP contribution in [-0.4, -0.2) is 18.4 Å². The van der Waals surface area contributed by atoms with Crippen molar-refractivity contribution in [1.29, 1.82) is 0 Å². The van der Waals surface area contributed by atoms with E-state index >= 15 is 0 Å². The summed E-state index contributed by atoms with van der Waals surface area (Å²) in [5, 5.41) is 0. The highest BCUT2D eigenvalue weighted by molar-refractivity contribution is 5.96. The Kier molecular flexibility index (Phi) is 5.16. The highest BCUT2D eigenvalue weighted by Gasteiger charge is 2.10. The first kappa shape index (κ1) is 13.7. The van der Waals surface area contributed by atoms with Gasteiger partial charge >= 0.3 is 0 Å². The second-order valence-electron chi connectivity index (χ2n) is 4.66. The Morgan fingerprint density at radius 2 is 1.82 bits per heavy atom. The van der Waals surface area contributed by atoms with E-state index in [1.165, 1.54) is 0 Å². The second-order valence-corrected chi connectivity index (χ2v) is 4.66. The molecule has 0 aliphatic rings. The van der Waals surface area contributed by atoms with E-state index in [0.717, 1.165) is 11.3 Å². The van der Waals surface area contributed by atoms with E-state index in [-0.39, 0.29) is 17.8 Å². The Labute approximate surface area is 103 Å². The minimum Gasteiger partial charge on any atom is -0.491 e. The normalized spacial score (nSPS) is 12.5. The van der Waals surface area contributed by atoms with Crippen LogP contribution in [0.3, 0.4) is 0 Å². The number of nitrogens with two attached hydrogens (primary N) is 1. The minimum absolute atomic E-state index is 0.138. The predicted octanol–water partition coefficient (Wildman–Crippen LogP) is 2.64. The lowest BCUT2D eigenvalue weighted by molar-refractivity contribution is 0.0966. The van der Waals surface area contributed by atoms with Crippen LogP contribution in [0.1, 0.15) is 37.6 Å². The van der Waals surface area contributed by atoms with Gasteiger partial charge in [0.15, 0.2) is 5.78 Å². The summed E-state index contributed by atoms with van der Waals surface area (Å²) in [6.45, 7) is 6.47. The van der Waals surface area contributed by atoms with Crippen LogP contribution in [0.4, 0.5) is 0 Å². The maximum Gasteiger partial charge on any atom is 0.163 e. The lowest BCUT2D eigenvalue weighted by Gasteiger charge is -2.10. The third-order valence-electron chi connectivity index (χ3n) is 2.48. The largest absolute Gasteiger partial charge is 0.491 e. The van der Waals surface area contributed by atoms with Crippen LogP contribution in [0.5, 0.6) is 5.75 Å². The molecule has 1 aromatic rings. The molecule has 0 spiro atoms. The monoisotopic (exact) mass is 235 g/mol. The molecule has 0 amide bonds. The molecule has 0 aliphatic carbocycles. The average molecular weight is 235 g/mol. The van der Waals surface area contributed by atoms with E-state index in [2.05, 4.69) is 0 Å². The standard InChI is InChI=1S/C14H21NO2/c1-10(2)17-13-6-4-12(5-7-13)14(16)8-11(3)9-15/h4-7,10-11H,8-9,15H2,1-3H3. The molecule has 3 nitrogen and oxygen atoms in total. The van der Waals surface area contributed by atoms with Crippen molar-refractivity contribution >= 4 is 5.78 Å². The van der Waals surface area contributed by atoms with Gasteiger partial charge in [0.2, 0.25) is 0 Å². The lowest BCUT2D eigenvalue weighted by atomic mass is 10.00. The third kappa shape index (κ3) is 4.57. The van der Waals surface area contributed by atoms with Crippen molar-refractivity contribution < 1.29 is 9.53 Å². The first-order valence-electron chi connectivity index (χ1n) is 6.03. The smallest absolute Gasteiger partial charge is 0.163 e. The van der Waals surface area contributed by atoms with Gasteiger partial charge in [-0.25, -0.2) is 0 Å². The van der Waals surface area contributed by atoms with Crippen molar-refractivity contribution in [3.05, 3.63) is 29.8 Å². The molecule has 0 aliphatic heterocycles. The SMILES string of the molecule is CC(CN)CC(=O)c1ccc(OC(C)C)cc1. The number of Topliss-reactive ketones (excluding diaryl/α,β-unsaturated/α-hetero) is 1. The van der Waals surface area contributed by atoms with Gasteiger partial charge in [-0.1, -0.05) is 6.92 Å². The zero-order valence-corrected chi connectivity index (χ0v) is 10.8. The summed E-state index contributed by atoms with van der Waals surface area (Å²) >= 11 is 0. The molecule has 0 radical (unpaired) electrons. The third-order valence-corrected chi connectivity index (χ3v) is 2.48. The summed E-state index contributed by atoms with van der Waals surface area (Å²) in [7, 11) is 0. The molecule has 2 N–H and O–H groups in total. The fraction of sp³-hybridized carbons (Fsp3) is 0.500. The molecule has 0 saturated carbocycles. The maximum atomic E-state index is 11.9.